The number of aryl methyl sites for hydroxylation is 2. The van der Waals surface area contributed by atoms with E-state index < -0.39 is 0 Å². The maximum atomic E-state index is 12.5. The molecule has 7 nitrogen and oxygen atoms in total. The molecule has 0 radical (unpaired) electrons. The molecular formula is C14H19N5O2. The third kappa shape index (κ3) is 2.81. The molecule has 0 saturated carbocycles. The van der Waals surface area contributed by atoms with Gasteiger partial charge in [-0.3, -0.25) is 9.48 Å². The summed E-state index contributed by atoms with van der Waals surface area (Å²) in [5.74, 6) is 1.45. The van der Waals surface area contributed by atoms with Gasteiger partial charge in [-0.05, 0) is 19.8 Å². The minimum absolute atomic E-state index is 0.0274. The van der Waals surface area contributed by atoms with Crippen LogP contribution in [-0.2, 0) is 6.54 Å². The van der Waals surface area contributed by atoms with Crippen molar-refractivity contribution in [2.45, 2.75) is 39.2 Å². The highest BCUT2D eigenvalue weighted by molar-refractivity contribution is 5.93. The van der Waals surface area contributed by atoms with Crippen LogP contribution >= 0.6 is 0 Å². The van der Waals surface area contributed by atoms with Crippen molar-refractivity contribution in [2.75, 3.05) is 13.1 Å². The zero-order chi connectivity index (χ0) is 14.8. The van der Waals surface area contributed by atoms with Crippen LogP contribution in [0.3, 0.4) is 0 Å². The first-order chi connectivity index (χ1) is 10.2. The van der Waals surface area contributed by atoms with Gasteiger partial charge >= 0.3 is 0 Å². The van der Waals surface area contributed by atoms with Gasteiger partial charge in [0.05, 0.1) is 11.8 Å². The molecule has 1 saturated heterocycles. The third-order valence-electron chi connectivity index (χ3n) is 3.82. The summed E-state index contributed by atoms with van der Waals surface area (Å²) in [6, 6.07) is 0. The summed E-state index contributed by atoms with van der Waals surface area (Å²) < 4.78 is 6.80. The van der Waals surface area contributed by atoms with E-state index in [9.17, 15) is 4.79 Å². The van der Waals surface area contributed by atoms with Crippen molar-refractivity contribution in [3.8, 4) is 0 Å². The Morgan fingerprint density at radius 2 is 2.38 bits per heavy atom. The molecule has 1 fully saturated rings. The summed E-state index contributed by atoms with van der Waals surface area (Å²) >= 11 is 0. The lowest BCUT2D eigenvalue weighted by atomic mass is 9.97. The molecule has 0 aliphatic carbocycles. The SMILES string of the molecule is CCn1cc(C(=O)N2CCC[C@@H](c3noc(C)n3)C2)cn1. The molecule has 3 heterocycles. The van der Waals surface area contributed by atoms with Crippen molar-refractivity contribution in [3.63, 3.8) is 0 Å². The topological polar surface area (TPSA) is 77.0 Å². The van der Waals surface area contributed by atoms with Crippen LogP contribution in [0.25, 0.3) is 0 Å². The first kappa shape index (κ1) is 13.8. The zero-order valence-electron chi connectivity index (χ0n) is 12.3. The van der Waals surface area contributed by atoms with E-state index in [1.54, 1.807) is 24.0 Å². The van der Waals surface area contributed by atoms with Crippen molar-refractivity contribution >= 4 is 5.91 Å². The molecule has 2 aromatic heterocycles. The van der Waals surface area contributed by atoms with Crippen LogP contribution in [-0.4, -0.2) is 43.8 Å². The maximum Gasteiger partial charge on any atom is 0.257 e. The van der Waals surface area contributed by atoms with Crippen LogP contribution in [0.15, 0.2) is 16.9 Å². The van der Waals surface area contributed by atoms with Gasteiger partial charge in [-0.25, -0.2) is 0 Å². The second kappa shape index (κ2) is 5.67. The van der Waals surface area contributed by atoms with Crippen LogP contribution in [0, 0.1) is 6.92 Å². The highest BCUT2D eigenvalue weighted by atomic mass is 16.5. The Morgan fingerprint density at radius 3 is 3.05 bits per heavy atom. The van der Waals surface area contributed by atoms with Crippen molar-refractivity contribution in [1.82, 2.24) is 24.8 Å². The number of hydrogen-bond donors (Lipinski definition) is 0. The van der Waals surface area contributed by atoms with Gasteiger partial charge in [-0.1, -0.05) is 5.16 Å². The number of carbonyl (C=O) groups excluding carboxylic acids is 1. The number of piperidine rings is 1. The average Bonchev–Trinajstić information content (AvgIpc) is 3.15. The predicted octanol–water partition coefficient (Wildman–Crippen LogP) is 1.61. The first-order valence-electron chi connectivity index (χ1n) is 7.29. The Kier molecular flexibility index (Phi) is 3.72. The zero-order valence-corrected chi connectivity index (χ0v) is 12.3. The van der Waals surface area contributed by atoms with Crippen molar-refractivity contribution in [1.29, 1.82) is 0 Å². The van der Waals surface area contributed by atoms with Gasteiger partial charge in [-0.2, -0.15) is 10.1 Å². The molecule has 0 unspecified atom stereocenters. The molecule has 1 atom stereocenters. The van der Waals surface area contributed by atoms with Gasteiger partial charge < -0.3 is 9.42 Å². The van der Waals surface area contributed by atoms with E-state index in [0.717, 1.165) is 25.9 Å². The largest absolute Gasteiger partial charge is 0.340 e. The van der Waals surface area contributed by atoms with Gasteiger partial charge in [0.2, 0.25) is 5.89 Å². The Hall–Kier alpha value is -2.18. The number of hydrogen-bond acceptors (Lipinski definition) is 5. The minimum Gasteiger partial charge on any atom is -0.340 e. The Bertz CT molecular complexity index is 633. The molecule has 3 rings (SSSR count). The molecular weight excluding hydrogens is 270 g/mol. The van der Waals surface area contributed by atoms with E-state index in [0.29, 0.717) is 23.8 Å². The van der Waals surface area contributed by atoms with Crippen molar-refractivity contribution in [3.05, 3.63) is 29.7 Å². The van der Waals surface area contributed by atoms with Gasteiger partial charge in [-0.15, -0.1) is 0 Å². The quantitative estimate of drug-likeness (QED) is 0.858. The van der Waals surface area contributed by atoms with Gasteiger partial charge in [0.25, 0.3) is 5.91 Å². The van der Waals surface area contributed by atoms with Gasteiger partial charge in [0, 0.05) is 38.7 Å². The molecule has 1 amide bonds. The fourth-order valence-electron chi connectivity index (χ4n) is 2.68. The molecule has 0 N–H and O–H groups in total. The van der Waals surface area contributed by atoms with Gasteiger partial charge in [0.1, 0.15) is 0 Å². The van der Waals surface area contributed by atoms with Gasteiger partial charge in [0.15, 0.2) is 5.82 Å². The van der Waals surface area contributed by atoms with E-state index in [1.165, 1.54) is 0 Å². The van der Waals surface area contributed by atoms with Crippen LogP contribution in [0.5, 0.6) is 0 Å². The molecule has 1 aliphatic rings. The van der Waals surface area contributed by atoms with Crippen LogP contribution in [0.1, 0.15) is 47.8 Å². The lowest BCUT2D eigenvalue weighted by Gasteiger charge is -2.31. The van der Waals surface area contributed by atoms with Crippen LogP contribution in [0.4, 0.5) is 0 Å². The van der Waals surface area contributed by atoms with Crippen LogP contribution in [0.2, 0.25) is 0 Å². The number of rotatable bonds is 3. The first-order valence-corrected chi connectivity index (χ1v) is 7.29. The second-order valence-electron chi connectivity index (χ2n) is 5.35. The summed E-state index contributed by atoms with van der Waals surface area (Å²) in [5, 5.41) is 8.14. The highest BCUT2D eigenvalue weighted by Crippen LogP contribution is 2.25. The van der Waals surface area contributed by atoms with E-state index in [2.05, 4.69) is 15.2 Å². The average molecular weight is 289 g/mol. The van der Waals surface area contributed by atoms with E-state index in [1.807, 2.05) is 11.8 Å². The summed E-state index contributed by atoms with van der Waals surface area (Å²) in [6.45, 7) is 5.94. The maximum absolute atomic E-state index is 12.5. The number of amides is 1. The van der Waals surface area contributed by atoms with E-state index in [-0.39, 0.29) is 11.8 Å². The second-order valence-corrected chi connectivity index (χ2v) is 5.35. The van der Waals surface area contributed by atoms with Crippen molar-refractivity contribution < 1.29 is 9.32 Å². The molecule has 0 spiro atoms. The predicted molar refractivity (Wildman–Crippen MR) is 74.8 cm³/mol. The molecule has 0 bridgehead atoms. The summed E-state index contributed by atoms with van der Waals surface area (Å²) in [4.78, 5) is 18.7. The minimum atomic E-state index is 0.0274. The number of carbonyl (C=O) groups is 1. The fourth-order valence-corrected chi connectivity index (χ4v) is 2.68. The standard InChI is InChI=1S/C14H19N5O2/c1-3-19-9-12(7-15-19)14(20)18-6-4-5-11(8-18)13-16-10(2)21-17-13/h7,9,11H,3-6,8H2,1-2H3/t11-/m1/s1. The highest BCUT2D eigenvalue weighted by Gasteiger charge is 2.28. The lowest BCUT2D eigenvalue weighted by molar-refractivity contribution is 0.0703. The molecule has 2 aromatic rings. The number of nitrogens with zero attached hydrogens (tertiary/aromatic N) is 5. The Labute approximate surface area is 122 Å². The van der Waals surface area contributed by atoms with E-state index >= 15 is 0 Å². The Morgan fingerprint density at radius 1 is 1.52 bits per heavy atom. The number of likely N-dealkylation sites (tertiary alicyclic amines) is 1. The molecule has 0 aromatic carbocycles. The smallest absolute Gasteiger partial charge is 0.257 e. The fraction of sp³-hybridized carbons (Fsp3) is 0.571. The monoisotopic (exact) mass is 289 g/mol. The van der Waals surface area contributed by atoms with E-state index in [4.69, 9.17) is 4.52 Å². The summed E-state index contributed by atoms with van der Waals surface area (Å²) in [6.07, 6.45) is 5.36. The Balaban J connectivity index is 1.72. The van der Waals surface area contributed by atoms with Crippen molar-refractivity contribution in [2.24, 2.45) is 0 Å². The number of aromatic nitrogens is 4. The third-order valence-corrected chi connectivity index (χ3v) is 3.82. The molecule has 112 valence electrons. The normalized spacial score (nSPS) is 19.0. The summed E-state index contributed by atoms with van der Waals surface area (Å²) in [5.41, 5.74) is 0.641. The van der Waals surface area contributed by atoms with Crippen LogP contribution < -0.4 is 0 Å². The lowest BCUT2D eigenvalue weighted by Crippen LogP contribution is -2.39. The molecule has 7 heteroatoms. The molecule has 1 aliphatic heterocycles. The molecule has 21 heavy (non-hydrogen) atoms. The summed E-state index contributed by atoms with van der Waals surface area (Å²) in [7, 11) is 0.